The quantitative estimate of drug-likeness (QED) is 0.880. The third-order valence-electron chi connectivity index (χ3n) is 3.36. The first-order chi connectivity index (χ1) is 11.3. The number of rotatable bonds is 6. The van der Waals surface area contributed by atoms with Gasteiger partial charge >= 0.3 is 0 Å². The largest absolute Gasteiger partial charge is 0.486 e. The molecule has 2 heterocycles. The molecule has 0 saturated heterocycles. The molecule has 0 radical (unpaired) electrons. The minimum Gasteiger partial charge on any atom is -0.486 e. The Labute approximate surface area is 134 Å². The summed E-state index contributed by atoms with van der Waals surface area (Å²) in [7, 11) is 0. The molecule has 0 saturated carbocycles. The zero-order chi connectivity index (χ0) is 15.9. The lowest BCUT2D eigenvalue weighted by molar-refractivity contribution is -0.123. The van der Waals surface area contributed by atoms with Gasteiger partial charge in [0.1, 0.15) is 18.5 Å². The summed E-state index contributed by atoms with van der Waals surface area (Å²) in [5, 5.41) is 2.80. The Morgan fingerprint density at radius 1 is 1.26 bits per heavy atom. The second-order valence-corrected chi connectivity index (χ2v) is 5.11. The van der Waals surface area contributed by atoms with Crippen LogP contribution in [0.3, 0.4) is 0 Å². The molecule has 2 aromatic rings. The molecule has 3 rings (SSSR count). The van der Waals surface area contributed by atoms with Gasteiger partial charge in [0.25, 0.3) is 5.91 Å². The Kier molecular flexibility index (Phi) is 4.93. The van der Waals surface area contributed by atoms with E-state index in [0.29, 0.717) is 25.3 Å². The Bertz CT molecular complexity index is 648. The summed E-state index contributed by atoms with van der Waals surface area (Å²) in [5.41, 5.74) is 0. The molecule has 0 spiro atoms. The van der Waals surface area contributed by atoms with Crippen molar-refractivity contribution in [3.63, 3.8) is 0 Å². The number of para-hydroxylation sites is 2. The second-order valence-electron chi connectivity index (χ2n) is 5.11. The van der Waals surface area contributed by atoms with Gasteiger partial charge in [0.2, 0.25) is 0 Å². The molecule has 120 valence electrons. The molecule has 6 heteroatoms. The number of pyridine rings is 1. The summed E-state index contributed by atoms with van der Waals surface area (Å²) in [5.74, 6) is 1.90. The lowest BCUT2D eigenvalue weighted by atomic mass is 10.2. The van der Waals surface area contributed by atoms with Crippen LogP contribution in [0.2, 0.25) is 0 Å². The van der Waals surface area contributed by atoms with Crippen LogP contribution < -0.4 is 19.5 Å². The van der Waals surface area contributed by atoms with Crippen molar-refractivity contribution in [3.8, 4) is 17.2 Å². The molecule has 1 aromatic heterocycles. The van der Waals surface area contributed by atoms with E-state index >= 15 is 0 Å². The SMILES string of the molecule is O=C(COc1cccnc1)NCC[C@@H]1COc2ccccc2O1. The van der Waals surface area contributed by atoms with Gasteiger partial charge in [-0.1, -0.05) is 12.1 Å². The van der Waals surface area contributed by atoms with Crippen LogP contribution in [0.4, 0.5) is 0 Å². The molecule has 1 atom stereocenters. The molecule has 1 amide bonds. The number of carbonyl (C=O) groups excluding carboxylic acids is 1. The third kappa shape index (κ3) is 4.35. The molecule has 23 heavy (non-hydrogen) atoms. The fraction of sp³-hybridized carbons (Fsp3) is 0.294. The van der Waals surface area contributed by atoms with Crippen LogP contribution in [0.15, 0.2) is 48.8 Å². The number of aromatic nitrogens is 1. The molecular weight excluding hydrogens is 296 g/mol. The van der Waals surface area contributed by atoms with E-state index in [4.69, 9.17) is 14.2 Å². The number of ether oxygens (including phenoxy) is 3. The van der Waals surface area contributed by atoms with Gasteiger partial charge in [-0.3, -0.25) is 9.78 Å². The molecule has 0 fully saturated rings. The highest BCUT2D eigenvalue weighted by atomic mass is 16.6. The minimum atomic E-state index is -0.175. The van der Waals surface area contributed by atoms with Gasteiger partial charge in [-0.05, 0) is 24.3 Å². The summed E-state index contributed by atoms with van der Waals surface area (Å²) in [6.07, 6.45) is 3.83. The van der Waals surface area contributed by atoms with Crippen molar-refractivity contribution in [3.05, 3.63) is 48.8 Å². The monoisotopic (exact) mass is 314 g/mol. The van der Waals surface area contributed by atoms with Crippen molar-refractivity contribution < 1.29 is 19.0 Å². The van der Waals surface area contributed by atoms with Crippen molar-refractivity contribution in [1.29, 1.82) is 0 Å². The van der Waals surface area contributed by atoms with Gasteiger partial charge in [-0.15, -0.1) is 0 Å². The minimum absolute atomic E-state index is 0.0312. The number of hydrogen-bond acceptors (Lipinski definition) is 5. The number of hydrogen-bond donors (Lipinski definition) is 1. The van der Waals surface area contributed by atoms with Gasteiger partial charge < -0.3 is 19.5 Å². The van der Waals surface area contributed by atoms with Crippen LogP contribution in [0.5, 0.6) is 17.2 Å². The smallest absolute Gasteiger partial charge is 0.257 e. The first-order valence-electron chi connectivity index (χ1n) is 7.49. The van der Waals surface area contributed by atoms with E-state index in [1.54, 1.807) is 24.5 Å². The number of benzene rings is 1. The van der Waals surface area contributed by atoms with Crippen molar-refractivity contribution >= 4 is 5.91 Å². The van der Waals surface area contributed by atoms with Crippen LogP contribution >= 0.6 is 0 Å². The van der Waals surface area contributed by atoms with E-state index in [1.165, 1.54) is 0 Å². The number of amides is 1. The van der Waals surface area contributed by atoms with Crippen LogP contribution in [0.1, 0.15) is 6.42 Å². The first kappa shape index (κ1) is 15.1. The Hall–Kier alpha value is -2.76. The van der Waals surface area contributed by atoms with Crippen LogP contribution in [0, 0.1) is 0 Å². The normalized spacial score (nSPS) is 15.7. The van der Waals surface area contributed by atoms with Gasteiger partial charge in [-0.2, -0.15) is 0 Å². The second kappa shape index (κ2) is 7.49. The van der Waals surface area contributed by atoms with E-state index in [9.17, 15) is 4.79 Å². The predicted molar refractivity (Wildman–Crippen MR) is 83.7 cm³/mol. The third-order valence-corrected chi connectivity index (χ3v) is 3.36. The highest BCUT2D eigenvalue weighted by molar-refractivity contribution is 5.77. The van der Waals surface area contributed by atoms with Gasteiger partial charge in [0.15, 0.2) is 18.1 Å². The molecule has 0 unspecified atom stereocenters. The van der Waals surface area contributed by atoms with Crippen molar-refractivity contribution in [2.24, 2.45) is 0 Å². The van der Waals surface area contributed by atoms with Crippen molar-refractivity contribution in [2.45, 2.75) is 12.5 Å². The summed E-state index contributed by atoms with van der Waals surface area (Å²) in [6, 6.07) is 11.1. The van der Waals surface area contributed by atoms with E-state index in [-0.39, 0.29) is 18.6 Å². The van der Waals surface area contributed by atoms with E-state index in [1.807, 2.05) is 24.3 Å². The highest BCUT2D eigenvalue weighted by Gasteiger charge is 2.20. The fourth-order valence-corrected chi connectivity index (χ4v) is 2.21. The molecule has 0 bridgehead atoms. The summed E-state index contributed by atoms with van der Waals surface area (Å²) in [6.45, 7) is 0.959. The zero-order valence-electron chi connectivity index (χ0n) is 12.6. The van der Waals surface area contributed by atoms with Crippen LogP contribution in [0.25, 0.3) is 0 Å². The predicted octanol–water partition coefficient (Wildman–Crippen LogP) is 1.81. The highest BCUT2D eigenvalue weighted by Crippen LogP contribution is 2.31. The number of carbonyl (C=O) groups is 1. The van der Waals surface area contributed by atoms with Crippen molar-refractivity contribution in [1.82, 2.24) is 10.3 Å². The topological polar surface area (TPSA) is 69.7 Å². The van der Waals surface area contributed by atoms with E-state index in [0.717, 1.165) is 11.5 Å². The molecular formula is C17H18N2O4. The average molecular weight is 314 g/mol. The molecule has 1 aliphatic rings. The summed E-state index contributed by atoms with van der Waals surface area (Å²) < 4.78 is 16.8. The maximum Gasteiger partial charge on any atom is 0.257 e. The van der Waals surface area contributed by atoms with Gasteiger partial charge in [-0.25, -0.2) is 0 Å². The molecule has 6 nitrogen and oxygen atoms in total. The molecule has 1 aromatic carbocycles. The Balaban J connectivity index is 1.36. The maximum absolute atomic E-state index is 11.7. The van der Waals surface area contributed by atoms with Crippen LogP contribution in [-0.4, -0.2) is 36.8 Å². The number of nitrogens with zero attached hydrogens (tertiary/aromatic N) is 1. The molecule has 1 N–H and O–H groups in total. The fourth-order valence-electron chi connectivity index (χ4n) is 2.21. The molecule has 0 aliphatic carbocycles. The molecule has 1 aliphatic heterocycles. The maximum atomic E-state index is 11.7. The van der Waals surface area contributed by atoms with Gasteiger partial charge in [0.05, 0.1) is 6.20 Å². The summed E-state index contributed by atoms with van der Waals surface area (Å²) in [4.78, 5) is 15.6. The zero-order valence-corrected chi connectivity index (χ0v) is 12.6. The average Bonchev–Trinajstić information content (AvgIpc) is 2.61. The Morgan fingerprint density at radius 2 is 2.13 bits per heavy atom. The van der Waals surface area contributed by atoms with E-state index in [2.05, 4.69) is 10.3 Å². The first-order valence-corrected chi connectivity index (χ1v) is 7.49. The lowest BCUT2D eigenvalue weighted by Crippen LogP contribution is -2.35. The summed E-state index contributed by atoms with van der Waals surface area (Å²) >= 11 is 0. The van der Waals surface area contributed by atoms with Gasteiger partial charge in [0, 0.05) is 19.2 Å². The van der Waals surface area contributed by atoms with Crippen LogP contribution in [-0.2, 0) is 4.79 Å². The lowest BCUT2D eigenvalue weighted by Gasteiger charge is -2.26. The number of fused-ring (bicyclic) bond motifs is 1. The number of nitrogens with one attached hydrogen (secondary N) is 1. The van der Waals surface area contributed by atoms with E-state index < -0.39 is 0 Å². The Morgan fingerprint density at radius 3 is 2.96 bits per heavy atom. The van der Waals surface area contributed by atoms with Crippen molar-refractivity contribution in [2.75, 3.05) is 19.8 Å². The standard InChI is InChI=1S/C17H18N2O4/c20-17(12-21-13-4-3-8-18-10-13)19-9-7-14-11-22-15-5-1-2-6-16(15)23-14/h1-6,8,10,14H,7,9,11-12H2,(H,19,20)/t14-/m1/s1.